The van der Waals surface area contributed by atoms with Crippen LogP contribution in [0.2, 0.25) is 0 Å². The molecule has 19 heavy (non-hydrogen) atoms. The lowest BCUT2D eigenvalue weighted by Gasteiger charge is -2.21. The van der Waals surface area contributed by atoms with Crippen LogP contribution in [0.15, 0.2) is 30.3 Å². The standard InChI is InChI=1S/C13H18N2O3S/c1-19(17,18)15-9-5-8-14(10-11-15)13(16)12-6-3-2-4-7-12/h2-4,6-7H,5,8-11H2,1H3. The van der Waals surface area contributed by atoms with Gasteiger partial charge in [-0.3, -0.25) is 4.79 Å². The minimum absolute atomic E-state index is 0.0315. The van der Waals surface area contributed by atoms with Crippen LogP contribution >= 0.6 is 0 Å². The zero-order chi connectivity index (χ0) is 13.9. The van der Waals surface area contributed by atoms with Gasteiger partial charge in [0.1, 0.15) is 0 Å². The monoisotopic (exact) mass is 282 g/mol. The molecular weight excluding hydrogens is 264 g/mol. The number of hydrogen-bond acceptors (Lipinski definition) is 3. The molecule has 2 rings (SSSR count). The maximum Gasteiger partial charge on any atom is 0.253 e. The first-order valence-corrected chi connectivity index (χ1v) is 8.13. The van der Waals surface area contributed by atoms with E-state index in [1.165, 1.54) is 10.6 Å². The fraction of sp³-hybridized carbons (Fsp3) is 0.462. The number of sulfonamides is 1. The number of hydrogen-bond donors (Lipinski definition) is 0. The van der Waals surface area contributed by atoms with Gasteiger partial charge in [0.15, 0.2) is 0 Å². The van der Waals surface area contributed by atoms with E-state index in [1.54, 1.807) is 17.0 Å². The molecule has 0 radical (unpaired) electrons. The van der Waals surface area contributed by atoms with Crippen LogP contribution in [0.25, 0.3) is 0 Å². The first-order valence-electron chi connectivity index (χ1n) is 6.28. The van der Waals surface area contributed by atoms with E-state index >= 15 is 0 Å². The second-order valence-corrected chi connectivity index (χ2v) is 6.66. The zero-order valence-corrected chi connectivity index (χ0v) is 11.8. The van der Waals surface area contributed by atoms with Crippen LogP contribution in [0.4, 0.5) is 0 Å². The van der Waals surface area contributed by atoms with Gasteiger partial charge in [0.25, 0.3) is 5.91 Å². The number of nitrogens with zero attached hydrogens (tertiary/aromatic N) is 2. The summed E-state index contributed by atoms with van der Waals surface area (Å²) in [4.78, 5) is 14.0. The van der Waals surface area contributed by atoms with Crippen molar-refractivity contribution in [2.24, 2.45) is 0 Å². The Morgan fingerprint density at radius 2 is 1.74 bits per heavy atom. The first kappa shape index (κ1) is 14.0. The van der Waals surface area contributed by atoms with Crippen LogP contribution < -0.4 is 0 Å². The Balaban J connectivity index is 2.06. The Bertz CT molecular complexity index is 542. The highest BCUT2D eigenvalue weighted by Crippen LogP contribution is 2.10. The average Bonchev–Trinajstić information content (AvgIpc) is 2.64. The quantitative estimate of drug-likeness (QED) is 0.806. The van der Waals surface area contributed by atoms with Crippen molar-refractivity contribution in [2.45, 2.75) is 6.42 Å². The van der Waals surface area contributed by atoms with E-state index in [4.69, 9.17) is 0 Å². The van der Waals surface area contributed by atoms with E-state index in [2.05, 4.69) is 0 Å². The van der Waals surface area contributed by atoms with Crippen LogP contribution in [-0.4, -0.2) is 56.0 Å². The summed E-state index contributed by atoms with van der Waals surface area (Å²) in [6.07, 6.45) is 1.88. The van der Waals surface area contributed by atoms with Gasteiger partial charge >= 0.3 is 0 Å². The molecule has 0 aliphatic carbocycles. The molecule has 1 aliphatic rings. The molecule has 1 amide bonds. The van der Waals surface area contributed by atoms with E-state index < -0.39 is 10.0 Å². The summed E-state index contributed by atoms with van der Waals surface area (Å²) >= 11 is 0. The molecule has 1 fully saturated rings. The Morgan fingerprint density at radius 1 is 1.05 bits per heavy atom. The van der Waals surface area contributed by atoms with Crippen LogP contribution in [0.1, 0.15) is 16.8 Å². The van der Waals surface area contributed by atoms with Crippen molar-refractivity contribution in [1.82, 2.24) is 9.21 Å². The molecule has 0 atom stereocenters. The van der Waals surface area contributed by atoms with Gasteiger partial charge in [-0.25, -0.2) is 12.7 Å². The third-order valence-electron chi connectivity index (χ3n) is 3.23. The molecule has 0 unspecified atom stereocenters. The van der Waals surface area contributed by atoms with Crippen molar-refractivity contribution in [3.63, 3.8) is 0 Å². The second-order valence-electron chi connectivity index (χ2n) is 4.67. The average molecular weight is 282 g/mol. The molecule has 1 aromatic carbocycles. The fourth-order valence-electron chi connectivity index (χ4n) is 2.19. The summed E-state index contributed by atoms with van der Waals surface area (Å²) in [6.45, 7) is 1.90. The Morgan fingerprint density at radius 3 is 2.37 bits per heavy atom. The summed E-state index contributed by atoms with van der Waals surface area (Å²) in [5, 5.41) is 0. The second kappa shape index (κ2) is 5.71. The molecule has 0 saturated carbocycles. The minimum Gasteiger partial charge on any atom is -0.337 e. The zero-order valence-electron chi connectivity index (χ0n) is 10.9. The van der Waals surface area contributed by atoms with E-state index in [9.17, 15) is 13.2 Å². The predicted molar refractivity (Wildman–Crippen MR) is 73.4 cm³/mol. The molecule has 6 heteroatoms. The van der Waals surface area contributed by atoms with E-state index in [1.807, 2.05) is 18.2 Å². The number of amides is 1. The van der Waals surface area contributed by atoms with Crippen LogP contribution in [0, 0.1) is 0 Å². The van der Waals surface area contributed by atoms with Gasteiger partial charge in [0.05, 0.1) is 6.26 Å². The molecule has 104 valence electrons. The van der Waals surface area contributed by atoms with Crippen LogP contribution in [0.5, 0.6) is 0 Å². The molecule has 1 aliphatic heterocycles. The summed E-state index contributed by atoms with van der Waals surface area (Å²) in [6, 6.07) is 9.08. The number of benzene rings is 1. The van der Waals surface area contributed by atoms with Crippen LogP contribution in [0.3, 0.4) is 0 Å². The lowest BCUT2D eigenvalue weighted by atomic mass is 10.2. The number of carbonyl (C=O) groups excluding carboxylic acids is 1. The Kier molecular flexibility index (Phi) is 4.21. The summed E-state index contributed by atoms with van der Waals surface area (Å²) in [5.41, 5.74) is 0.648. The van der Waals surface area contributed by atoms with Gasteiger partial charge in [0, 0.05) is 31.7 Å². The van der Waals surface area contributed by atoms with Gasteiger partial charge < -0.3 is 4.90 Å². The molecule has 1 heterocycles. The summed E-state index contributed by atoms with van der Waals surface area (Å²) in [5.74, 6) is -0.0315. The van der Waals surface area contributed by atoms with Crippen molar-refractivity contribution in [3.8, 4) is 0 Å². The van der Waals surface area contributed by atoms with Crippen LogP contribution in [-0.2, 0) is 10.0 Å². The lowest BCUT2D eigenvalue weighted by molar-refractivity contribution is 0.0764. The lowest BCUT2D eigenvalue weighted by Crippen LogP contribution is -2.36. The van der Waals surface area contributed by atoms with Crippen molar-refractivity contribution in [3.05, 3.63) is 35.9 Å². The van der Waals surface area contributed by atoms with E-state index in [0.717, 1.165) is 0 Å². The highest BCUT2D eigenvalue weighted by atomic mass is 32.2. The SMILES string of the molecule is CS(=O)(=O)N1CCCN(C(=O)c2ccccc2)CC1. The van der Waals surface area contributed by atoms with Gasteiger partial charge in [-0.1, -0.05) is 18.2 Å². The summed E-state index contributed by atoms with van der Waals surface area (Å²) < 4.78 is 24.5. The molecule has 0 N–H and O–H groups in total. The number of rotatable bonds is 2. The summed E-state index contributed by atoms with van der Waals surface area (Å²) in [7, 11) is -3.17. The molecule has 5 nitrogen and oxygen atoms in total. The molecule has 0 bridgehead atoms. The minimum atomic E-state index is -3.17. The van der Waals surface area contributed by atoms with Crippen molar-refractivity contribution >= 4 is 15.9 Å². The predicted octanol–water partition coefficient (Wildman–Crippen LogP) is 0.794. The fourth-order valence-corrected chi connectivity index (χ4v) is 3.07. The molecule has 0 aromatic heterocycles. The van der Waals surface area contributed by atoms with Gasteiger partial charge in [-0.05, 0) is 18.6 Å². The number of carbonyl (C=O) groups is 1. The Hall–Kier alpha value is -1.40. The highest BCUT2D eigenvalue weighted by molar-refractivity contribution is 7.88. The Labute approximate surface area is 113 Å². The topological polar surface area (TPSA) is 57.7 Å². The third kappa shape index (κ3) is 3.54. The van der Waals surface area contributed by atoms with Gasteiger partial charge in [-0.2, -0.15) is 0 Å². The van der Waals surface area contributed by atoms with Crippen molar-refractivity contribution in [1.29, 1.82) is 0 Å². The maximum atomic E-state index is 12.3. The highest BCUT2D eigenvalue weighted by Gasteiger charge is 2.24. The normalized spacial score (nSPS) is 18.1. The smallest absolute Gasteiger partial charge is 0.253 e. The molecule has 1 saturated heterocycles. The van der Waals surface area contributed by atoms with Gasteiger partial charge in [-0.15, -0.1) is 0 Å². The first-order chi connectivity index (χ1) is 8.98. The van der Waals surface area contributed by atoms with Gasteiger partial charge in [0.2, 0.25) is 10.0 Å². The third-order valence-corrected chi connectivity index (χ3v) is 4.54. The molecular formula is C13H18N2O3S. The largest absolute Gasteiger partial charge is 0.337 e. The van der Waals surface area contributed by atoms with E-state index in [-0.39, 0.29) is 5.91 Å². The molecule has 1 aromatic rings. The van der Waals surface area contributed by atoms with E-state index in [0.29, 0.717) is 38.2 Å². The van der Waals surface area contributed by atoms with Crippen molar-refractivity contribution in [2.75, 3.05) is 32.4 Å². The van der Waals surface area contributed by atoms with Crippen molar-refractivity contribution < 1.29 is 13.2 Å². The molecule has 0 spiro atoms. The maximum absolute atomic E-state index is 12.3.